The first-order valence-corrected chi connectivity index (χ1v) is 17.9. The van der Waals surface area contributed by atoms with Gasteiger partial charge >= 0.3 is 0 Å². The lowest BCUT2D eigenvalue weighted by atomic mass is 9.88. The lowest BCUT2D eigenvalue weighted by Gasteiger charge is -2.18. The summed E-state index contributed by atoms with van der Waals surface area (Å²) in [5.74, 6) is 1.79. The molecule has 2 heterocycles. The Morgan fingerprint density at radius 2 is 0.830 bits per heavy atom. The molecule has 0 spiro atoms. The standard InChI is InChI=1S/C49H29N3O/c1-2-15-31(16-3-1)44-35-20-6-8-22-37(35)45(38-23-9-7-21-36(38)44)49-51-47(40-25-12-17-32-29-28-30-14-4-5-18-33(30)43(32)40)50-48(52-49)41-26-13-24-39-34-19-10-11-27-42(34)53-46(39)41/h1-29H. The summed E-state index contributed by atoms with van der Waals surface area (Å²) in [4.78, 5) is 16.1. The van der Waals surface area contributed by atoms with E-state index in [1.165, 1.54) is 16.5 Å². The molecule has 0 aliphatic heterocycles. The Morgan fingerprint density at radius 1 is 0.321 bits per heavy atom. The largest absolute Gasteiger partial charge is 0.455 e. The van der Waals surface area contributed by atoms with Crippen molar-refractivity contribution in [1.82, 2.24) is 15.0 Å². The molecule has 0 bridgehead atoms. The van der Waals surface area contributed by atoms with Crippen molar-refractivity contribution in [3.8, 4) is 45.3 Å². The van der Waals surface area contributed by atoms with Crippen molar-refractivity contribution < 1.29 is 4.42 Å². The van der Waals surface area contributed by atoms with E-state index in [4.69, 9.17) is 19.4 Å². The van der Waals surface area contributed by atoms with E-state index < -0.39 is 0 Å². The molecule has 4 heteroatoms. The maximum atomic E-state index is 6.56. The van der Waals surface area contributed by atoms with Crippen LogP contribution < -0.4 is 0 Å². The van der Waals surface area contributed by atoms with Gasteiger partial charge in [-0.15, -0.1) is 0 Å². The molecule has 53 heavy (non-hydrogen) atoms. The number of para-hydroxylation sites is 2. The summed E-state index contributed by atoms with van der Waals surface area (Å²) in [6.45, 7) is 0. The number of furan rings is 1. The van der Waals surface area contributed by atoms with Crippen molar-refractivity contribution in [2.75, 3.05) is 0 Å². The van der Waals surface area contributed by atoms with Gasteiger partial charge in [0.05, 0.1) is 5.56 Å². The predicted molar refractivity (Wildman–Crippen MR) is 219 cm³/mol. The third-order valence-corrected chi connectivity index (χ3v) is 10.5. The highest BCUT2D eigenvalue weighted by atomic mass is 16.3. The molecule has 0 saturated carbocycles. The van der Waals surface area contributed by atoms with E-state index >= 15 is 0 Å². The maximum Gasteiger partial charge on any atom is 0.167 e. The average Bonchev–Trinajstić information content (AvgIpc) is 3.61. The molecule has 0 aliphatic carbocycles. The molecule has 0 aliphatic rings. The first kappa shape index (κ1) is 29.5. The van der Waals surface area contributed by atoms with Crippen LogP contribution in [0.3, 0.4) is 0 Å². The molecule has 4 nitrogen and oxygen atoms in total. The summed E-state index contributed by atoms with van der Waals surface area (Å²) in [7, 11) is 0. The zero-order chi connectivity index (χ0) is 34.9. The third-order valence-electron chi connectivity index (χ3n) is 10.5. The molecule has 0 N–H and O–H groups in total. The molecule has 11 rings (SSSR count). The van der Waals surface area contributed by atoms with Crippen molar-refractivity contribution >= 4 is 65.0 Å². The second-order valence-electron chi connectivity index (χ2n) is 13.5. The first-order chi connectivity index (χ1) is 26.3. The van der Waals surface area contributed by atoms with Gasteiger partial charge in [-0.1, -0.05) is 164 Å². The first-order valence-electron chi connectivity index (χ1n) is 17.9. The lowest BCUT2D eigenvalue weighted by Crippen LogP contribution is -2.02. The number of benzene rings is 9. The van der Waals surface area contributed by atoms with Gasteiger partial charge in [0.25, 0.3) is 0 Å². The Kier molecular flexibility index (Phi) is 6.52. The number of fused-ring (bicyclic) bond motifs is 8. The van der Waals surface area contributed by atoms with Crippen molar-refractivity contribution in [3.63, 3.8) is 0 Å². The lowest BCUT2D eigenvalue weighted by molar-refractivity contribution is 0.669. The second kappa shape index (κ2) is 11.7. The van der Waals surface area contributed by atoms with Crippen LogP contribution in [0.15, 0.2) is 180 Å². The topological polar surface area (TPSA) is 51.8 Å². The van der Waals surface area contributed by atoms with Gasteiger partial charge in [0.15, 0.2) is 17.5 Å². The average molecular weight is 676 g/mol. The summed E-state index contributed by atoms with van der Waals surface area (Å²) in [5.41, 5.74) is 6.71. The monoisotopic (exact) mass is 675 g/mol. The van der Waals surface area contributed by atoms with Gasteiger partial charge in [-0.25, -0.2) is 15.0 Å². The summed E-state index contributed by atoms with van der Waals surface area (Å²) in [6, 6.07) is 61.5. The Labute approximate surface area is 304 Å². The number of hydrogen-bond donors (Lipinski definition) is 0. The van der Waals surface area contributed by atoms with E-state index in [0.717, 1.165) is 76.3 Å². The number of aromatic nitrogens is 3. The minimum absolute atomic E-state index is 0.562. The van der Waals surface area contributed by atoms with Gasteiger partial charge in [-0.3, -0.25) is 0 Å². The molecule has 9 aromatic carbocycles. The summed E-state index contributed by atoms with van der Waals surface area (Å²) in [5, 5.41) is 11.1. The van der Waals surface area contributed by atoms with Crippen LogP contribution in [0.2, 0.25) is 0 Å². The van der Waals surface area contributed by atoms with Crippen LogP contribution in [0.5, 0.6) is 0 Å². The van der Waals surface area contributed by atoms with Gasteiger partial charge in [-0.2, -0.15) is 0 Å². The zero-order valence-electron chi connectivity index (χ0n) is 28.5. The fourth-order valence-electron chi connectivity index (χ4n) is 8.18. The summed E-state index contributed by atoms with van der Waals surface area (Å²) >= 11 is 0. The molecule has 0 unspecified atom stereocenters. The number of hydrogen-bond acceptors (Lipinski definition) is 4. The van der Waals surface area contributed by atoms with Gasteiger partial charge in [-0.05, 0) is 61.0 Å². The normalized spacial score (nSPS) is 11.8. The van der Waals surface area contributed by atoms with Gasteiger partial charge in [0.2, 0.25) is 0 Å². The highest BCUT2D eigenvalue weighted by Crippen LogP contribution is 2.44. The molecule has 11 aromatic rings. The zero-order valence-corrected chi connectivity index (χ0v) is 28.5. The second-order valence-corrected chi connectivity index (χ2v) is 13.5. The Morgan fingerprint density at radius 3 is 1.58 bits per heavy atom. The SMILES string of the molecule is c1ccc(-c2c3ccccc3c(-c3nc(-c4cccc5c4oc4ccccc45)nc(-c4cccc5ccc6ccccc6c45)n3)c3ccccc23)cc1. The molecule has 0 atom stereocenters. The van der Waals surface area contributed by atoms with Crippen LogP contribution in [0, 0.1) is 0 Å². The molecular formula is C49H29N3O. The van der Waals surface area contributed by atoms with Gasteiger partial charge < -0.3 is 4.42 Å². The van der Waals surface area contributed by atoms with Crippen LogP contribution in [-0.2, 0) is 0 Å². The van der Waals surface area contributed by atoms with E-state index in [-0.39, 0.29) is 0 Å². The van der Waals surface area contributed by atoms with Crippen LogP contribution in [0.25, 0.3) is 110 Å². The molecule has 246 valence electrons. The van der Waals surface area contributed by atoms with Gasteiger partial charge in [0, 0.05) is 27.3 Å². The van der Waals surface area contributed by atoms with Crippen LogP contribution in [0.4, 0.5) is 0 Å². The molecule has 0 amide bonds. The minimum atomic E-state index is 0.562. The Bertz CT molecular complexity index is 3180. The third kappa shape index (κ3) is 4.59. The highest BCUT2D eigenvalue weighted by molar-refractivity contribution is 6.21. The molecule has 0 fully saturated rings. The van der Waals surface area contributed by atoms with Crippen LogP contribution in [0.1, 0.15) is 0 Å². The smallest absolute Gasteiger partial charge is 0.167 e. The summed E-state index contributed by atoms with van der Waals surface area (Å²) < 4.78 is 6.56. The van der Waals surface area contributed by atoms with Crippen LogP contribution >= 0.6 is 0 Å². The minimum Gasteiger partial charge on any atom is -0.455 e. The summed E-state index contributed by atoms with van der Waals surface area (Å²) in [6.07, 6.45) is 0. The van der Waals surface area contributed by atoms with Crippen molar-refractivity contribution in [2.45, 2.75) is 0 Å². The Hall–Kier alpha value is -7.17. The fraction of sp³-hybridized carbons (Fsp3) is 0. The number of rotatable bonds is 4. The predicted octanol–water partition coefficient (Wildman–Crippen LogP) is 13.1. The van der Waals surface area contributed by atoms with Crippen LogP contribution in [-0.4, -0.2) is 15.0 Å². The quantitative estimate of drug-likeness (QED) is 0.138. The molecular weight excluding hydrogens is 647 g/mol. The Balaban J connectivity index is 1.28. The van der Waals surface area contributed by atoms with E-state index in [0.29, 0.717) is 17.5 Å². The number of nitrogens with zero attached hydrogens (tertiary/aromatic N) is 3. The van der Waals surface area contributed by atoms with E-state index in [1.807, 2.05) is 18.2 Å². The van der Waals surface area contributed by atoms with Crippen molar-refractivity contribution in [1.29, 1.82) is 0 Å². The van der Waals surface area contributed by atoms with E-state index in [9.17, 15) is 0 Å². The van der Waals surface area contributed by atoms with Gasteiger partial charge in [0.1, 0.15) is 11.2 Å². The maximum absolute atomic E-state index is 6.56. The molecule has 0 radical (unpaired) electrons. The molecule has 2 aromatic heterocycles. The fourth-order valence-corrected chi connectivity index (χ4v) is 8.18. The van der Waals surface area contributed by atoms with Crippen molar-refractivity contribution in [2.24, 2.45) is 0 Å². The van der Waals surface area contributed by atoms with E-state index in [2.05, 4.69) is 158 Å². The van der Waals surface area contributed by atoms with Crippen molar-refractivity contribution in [3.05, 3.63) is 176 Å². The highest BCUT2D eigenvalue weighted by Gasteiger charge is 2.23. The van der Waals surface area contributed by atoms with E-state index in [1.54, 1.807) is 0 Å². The molecule has 0 saturated heterocycles.